The van der Waals surface area contributed by atoms with E-state index in [0.29, 0.717) is 6.42 Å². The minimum absolute atomic E-state index is 0.104. The molecule has 9 nitrogen and oxygen atoms in total. The average Bonchev–Trinajstić information content (AvgIpc) is 2.38. The monoisotopic (exact) mass is 338 g/mol. The van der Waals surface area contributed by atoms with E-state index in [1.807, 2.05) is 0 Å². The molecular weight excluding hydrogens is 312 g/mol. The summed E-state index contributed by atoms with van der Waals surface area (Å²) in [6, 6.07) is 0. The smallest absolute Gasteiger partial charge is 0.336 e. The van der Waals surface area contributed by atoms with Crippen LogP contribution in [0.3, 0.4) is 0 Å². The van der Waals surface area contributed by atoms with E-state index in [9.17, 15) is 14.4 Å². The summed E-state index contributed by atoms with van der Waals surface area (Å²) in [4.78, 5) is 30.5. The van der Waals surface area contributed by atoms with Gasteiger partial charge in [0, 0.05) is 6.61 Å². The molecule has 9 heteroatoms. The molecule has 0 aromatic carbocycles. The molecule has 0 saturated carbocycles. The number of carboxylic acid groups (broad SMARTS) is 3. The number of carboxylic acids is 3. The fraction of sp³-hybridized carbons (Fsp3) is 0.786. The Labute approximate surface area is 134 Å². The topological polar surface area (TPSA) is 173 Å². The molecule has 0 saturated heterocycles. The van der Waals surface area contributed by atoms with Crippen LogP contribution in [0.5, 0.6) is 0 Å². The fourth-order valence-electron chi connectivity index (χ4n) is 1.64. The second-order valence-electron chi connectivity index (χ2n) is 5.14. The standard InChI is InChI=1S/C8H18O2.C6H8O7/c1-2-3-4-5-8(10)6-7-9;7-3(8)1-6(13,5(11)12)2-4(9)10/h8-10H,2-7H2,1H3;13H,1-2H2,(H,7,8)(H,9,10)(H,11,12). The molecule has 1 atom stereocenters. The van der Waals surface area contributed by atoms with Crippen LogP contribution in [-0.2, 0) is 14.4 Å². The maximum atomic E-state index is 10.3. The fourth-order valence-corrected chi connectivity index (χ4v) is 1.64. The maximum absolute atomic E-state index is 10.3. The van der Waals surface area contributed by atoms with Gasteiger partial charge >= 0.3 is 17.9 Å². The van der Waals surface area contributed by atoms with Crippen molar-refractivity contribution in [3.05, 3.63) is 0 Å². The van der Waals surface area contributed by atoms with Crippen LogP contribution < -0.4 is 0 Å². The van der Waals surface area contributed by atoms with Crippen LogP contribution in [0.4, 0.5) is 0 Å². The lowest BCUT2D eigenvalue weighted by atomic mass is 9.96. The zero-order valence-electron chi connectivity index (χ0n) is 13.1. The summed E-state index contributed by atoms with van der Waals surface area (Å²) in [6.07, 6.45) is 2.25. The summed E-state index contributed by atoms with van der Waals surface area (Å²) < 4.78 is 0. The number of unbranched alkanes of at least 4 members (excludes halogenated alkanes) is 2. The zero-order chi connectivity index (χ0) is 18.5. The largest absolute Gasteiger partial charge is 0.481 e. The Balaban J connectivity index is 0. The van der Waals surface area contributed by atoms with Crippen LogP contribution in [0.25, 0.3) is 0 Å². The quantitative estimate of drug-likeness (QED) is 0.285. The third-order valence-electron chi connectivity index (χ3n) is 2.89. The summed E-state index contributed by atoms with van der Waals surface area (Å²) in [6.45, 7) is 2.24. The highest BCUT2D eigenvalue weighted by Crippen LogP contribution is 2.15. The van der Waals surface area contributed by atoms with E-state index in [4.69, 9.17) is 30.6 Å². The van der Waals surface area contributed by atoms with Crippen molar-refractivity contribution < 1.29 is 45.0 Å². The van der Waals surface area contributed by atoms with Crippen LogP contribution in [0.2, 0.25) is 0 Å². The number of carbonyl (C=O) groups is 3. The lowest BCUT2D eigenvalue weighted by molar-refractivity contribution is -0.170. The van der Waals surface area contributed by atoms with Crippen LogP contribution >= 0.6 is 0 Å². The van der Waals surface area contributed by atoms with E-state index >= 15 is 0 Å². The van der Waals surface area contributed by atoms with E-state index in [1.54, 1.807) is 0 Å². The zero-order valence-corrected chi connectivity index (χ0v) is 13.1. The normalized spacial score (nSPS) is 12.0. The first-order chi connectivity index (χ1) is 10.6. The van der Waals surface area contributed by atoms with Crippen molar-refractivity contribution in [2.45, 2.75) is 63.6 Å². The van der Waals surface area contributed by atoms with Gasteiger partial charge in [-0.2, -0.15) is 0 Å². The van der Waals surface area contributed by atoms with Gasteiger partial charge in [-0.25, -0.2) is 4.79 Å². The molecule has 1 unspecified atom stereocenters. The van der Waals surface area contributed by atoms with Gasteiger partial charge in [0.05, 0.1) is 18.9 Å². The van der Waals surface area contributed by atoms with Crippen LogP contribution in [0.1, 0.15) is 51.9 Å². The minimum Gasteiger partial charge on any atom is -0.481 e. The van der Waals surface area contributed by atoms with Crippen molar-refractivity contribution in [3.8, 4) is 0 Å². The number of rotatable bonds is 11. The first kappa shape index (κ1) is 23.6. The summed E-state index contributed by atoms with van der Waals surface area (Å²) in [5.41, 5.74) is -2.74. The molecule has 0 bridgehead atoms. The lowest BCUT2D eigenvalue weighted by Crippen LogP contribution is -2.42. The highest BCUT2D eigenvalue weighted by molar-refractivity contribution is 5.88. The van der Waals surface area contributed by atoms with Gasteiger partial charge in [-0.15, -0.1) is 0 Å². The number of aliphatic hydroxyl groups is 3. The second kappa shape index (κ2) is 12.8. The lowest BCUT2D eigenvalue weighted by Gasteiger charge is -2.18. The molecule has 0 heterocycles. The van der Waals surface area contributed by atoms with Crippen molar-refractivity contribution in [1.29, 1.82) is 0 Å². The van der Waals surface area contributed by atoms with Crippen molar-refractivity contribution in [3.63, 3.8) is 0 Å². The van der Waals surface area contributed by atoms with Gasteiger partial charge in [-0.05, 0) is 12.8 Å². The number of aliphatic carboxylic acids is 3. The Bertz CT molecular complexity index is 351. The van der Waals surface area contributed by atoms with Crippen molar-refractivity contribution in [2.75, 3.05) is 6.61 Å². The van der Waals surface area contributed by atoms with E-state index in [2.05, 4.69) is 6.92 Å². The SMILES string of the molecule is CCCCCC(O)CCO.O=C(O)CC(O)(CC(=O)O)C(=O)O. The average molecular weight is 338 g/mol. The number of hydrogen-bond donors (Lipinski definition) is 6. The summed E-state index contributed by atoms with van der Waals surface area (Å²) >= 11 is 0. The Morgan fingerprint density at radius 2 is 1.43 bits per heavy atom. The Hall–Kier alpha value is -1.71. The van der Waals surface area contributed by atoms with E-state index in [1.165, 1.54) is 12.8 Å². The van der Waals surface area contributed by atoms with Gasteiger partial charge in [0.1, 0.15) is 0 Å². The van der Waals surface area contributed by atoms with Crippen molar-refractivity contribution in [1.82, 2.24) is 0 Å². The molecule has 0 fully saturated rings. The van der Waals surface area contributed by atoms with Gasteiger partial charge in [-0.3, -0.25) is 9.59 Å². The predicted molar refractivity (Wildman–Crippen MR) is 78.9 cm³/mol. The highest BCUT2D eigenvalue weighted by Gasteiger charge is 2.40. The van der Waals surface area contributed by atoms with Gasteiger partial charge in [0.2, 0.25) is 0 Å². The molecule has 0 aliphatic heterocycles. The molecule has 6 N–H and O–H groups in total. The number of aliphatic hydroxyl groups excluding tert-OH is 2. The summed E-state index contributed by atoms with van der Waals surface area (Å²) in [7, 11) is 0. The summed E-state index contributed by atoms with van der Waals surface area (Å²) in [5.74, 6) is -5.02. The van der Waals surface area contributed by atoms with Crippen molar-refractivity contribution >= 4 is 17.9 Å². The molecule has 0 spiro atoms. The Morgan fingerprint density at radius 1 is 0.957 bits per heavy atom. The minimum atomic E-state index is -2.74. The van der Waals surface area contributed by atoms with Crippen LogP contribution in [0, 0.1) is 0 Å². The third kappa shape index (κ3) is 13.7. The maximum Gasteiger partial charge on any atom is 0.336 e. The van der Waals surface area contributed by atoms with Crippen molar-refractivity contribution in [2.24, 2.45) is 0 Å². The summed E-state index contributed by atoms with van der Waals surface area (Å²) in [5, 5.41) is 51.4. The number of hydrogen-bond acceptors (Lipinski definition) is 6. The van der Waals surface area contributed by atoms with E-state index in [-0.39, 0.29) is 12.7 Å². The second-order valence-corrected chi connectivity index (χ2v) is 5.14. The molecule has 0 aromatic heterocycles. The molecule has 0 rings (SSSR count). The molecule has 0 amide bonds. The molecule has 0 aliphatic rings. The molecular formula is C14H26O9. The first-order valence-corrected chi connectivity index (χ1v) is 7.27. The molecule has 136 valence electrons. The van der Waals surface area contributed by atoms with E-state index < -0.39 is 36.4 Å². The van der Waals surface area contributed by atoms with Gasteiger partial charge in [-0.1, -0.05) is 26.2 Å². The highest BCUT2D eigenvalue weighted by atomic mass is 16.4. The van der Waals surface area contributed by atoms with Crippen LogP contribution in [-0.4, -0.2) is 66.9 Å². The van der Waals surface area contributed by atoms with E-state index in [0.717, 1.165) is 12.8 Å². The van der Waals surface area contributed by atoms with Gasteiger partial charge < -0.3 is 30.6 Å². The predicted octanol–water partition coefficient (Wildman–Crippen LogP) is 0.0615. The Morgan fingerprint density at radius 3 is 1.74 bits per heavy atom. The molecule has 0 radical (unpaired) electrons. The van der Waals surface area contributed by atoms with Gasteiger partial charge in [0.25, 0.3) is 0 Å². The Kier molecular flexibility index (Phi) is 13.1. The molecule has 0 aromatic rings. The van der Waals surface area contributed by atoms with Gasteiger partial charge in [0.15, 0.2) is 5.60 Å². The molecule has 0 aliphatic carbocycles. The third-order valence-corrected chi connectivity index (χ3v) is 2.89. The molecule has 23 heavy (non-hydrogen) atoms. The van der Waals surface area contributed by atoms with Crippen LogP contribution in [0.15, 0.2) is 0 Å². The first-order valence-electron chi connectivity index (χ1n) is 7.27.